The largest absolute Gasteiger partial charge is 0.387 e. The van der Waals surface area contributed by atoms with Gasteiger partial charge in [-0.25, -0.2) is 0 Å². The number of hydrogen-bond acceptors (Lipinski definition) is 5. The zero-order valence-electron chi connectivity index (χ0n) is 10.9. The van der Waals surface area contributed by atoms with Crippen LogP contribution in [0.3, 0.4) is 0 Å². The van der Waals surface area contributed by atoms with Crippen molar-refractivity contribution in [2.45, 2.75) is 57.7 Å². The lowest BCUT2D eigenvalue weighted by atomic mass is 9.95. The predicted molar refractivity (Wildman–Crippen MR) is 61.7 cm³/mol. The highest BCUT2D eigenvalue weighted by Gasteiger charge is 2.38. The van der Waals surface area contributed by atoms with E-state index in [-0.39, 0.29) is 11.5 Å². The molecule has 0 aromatic carbocycles. The normalized spacial score (nSPS) is 29.8. The Labute approximate surface area is 101 Å². The quantitative estimate of drug-likeness (QED) is 0.847. The van der Waals surface area contributed by atoms with Gasteiger partial charge in [0.2, 0.25) is 5.89 Å². The van der Waals surface area contributed by atoms with Gasteiger partial charge in [-0.2, -0.15) is 4.98 Å². The smallest absolute Gasteiger partial charge is 0.229 e. The lowest BCUT2D eigenvalue weighted by Crippen LogP contribution is -2.32. The fourth-order valence-electron chi connectivity index (χ4n) is 1.99. The summed E-state index contributed by atoms with van der Waals surface area (Å²) in [5.74, 6) is 1.15. The van der Waals surface area contributed by atoms with Crippen molar-refractivity contribution >= 4 is 0 Å². The Kier molecular flexibility index (Phi) is 2.99. The van der Waals surface area contributed by atoms with E-state index < -0.39 is 5.60 Å². The van der Waals surface area contributed by atoms with Gasteiger partial charge in [0.25, 0.3) is 0 Å². The van der Waals surface area contributed by atoms with Crippen molar-refractivity contribution in [1.82, 2.24) is 10.1 Å². The third-order valence-corrected chi connectivity index (χ3v) is 2.92. The molecule has 96 valence electrons. The van der Waals surface area contributed by atoms with Gasteiger partial charge in [-0.3, -0.25) is 0 Å². The summed E-state index contributed by atoms with van der Waals surface area (Å²) in [4.78, 5) is 4.32. The summed E-state index contributed by atoms with van der Waals surface area (Å²) in [7, 11) is 0. The second-order valence-corrected chi connectivity index (χ2v) is 5.99. The third kappa shape index (κ3) is 2.84. The molecule has 1 fully saturated rings. The van der Waals surface area contributed by atoms with E-state index in [2.05, 4.69) is 10.1 Å². The SMILES string of the molecule is CC1CC(O)(Cc2nc(C(C)(C)C)no2)CO1. The summed E-state index contributed by atoms with van der Waals surface area (Å²) >= 11 is 0. The molecular formula is C12H20N2O3. The summed E-state index contributed by atoms with van der Waals surface area (Å²) in [5.41, 5.74) is -0.995. The first kappa shape index (κ1) is 12.5. The maximum Gasteiger partial charge on any atom is 0.229 e. The lowest BCUT2D eigenvalue weighted by molar-refractivity contribution is 0.0173. The van der Waals surface area contributed by atoms with Crippen LogP contribution in [0.4, 0.5) is 0 Å². The maximum absolute atomic E-state index is 10.3. The molecule has 1 N–H and O–H groups in total. The molecule has 5 nitrogen and oxygen atoms in total. The van der Waals surface area contributed by atoms with Gasteiger partial charge >= 0.3 is 0 Å². The van der Waals surface area contributed by atoms with Crippen molar-refractivity contribution in [3.63, 3.8) is 0 Å². The first-order chi connectivity index (χ1) is 7.78. The zero-order valence-corrected chi connectivity index (χ0v) is 10.9. The molecule has 0 saturated carbocycles. The van der Waals surface area contributed by atoms with Crippen molar-refractivity contribution in [1.29, 1.82) is 0 Å². The van der Waals surface area contributed by atoms with Gasteiger partial charge in [0.1, 0.15) is 0 Å². The van der Waals surface area contributed by atoms with E-state index in [1.54, 1.807) is 0 Å². The summed E-state index contributed by atoms with van der Waals surface area (Å²) in [6.45, 7) is 8.36. The molecule has 5 heteroatoms. The van der Waals surface area contributed by atoms with Crippen LogP contribution in [0, 0.1) is 0 Å². The van der Waals surface area contributed by atoms with E-state index >= 15 is 0 Å². The molecule has 2 unspecified atom stereocenters. The van der Waals surface area contributed by atoms with Gasteiger partial charge in [-0.1, -0.05) is 25.9 Å². The number of rotatable bonds is 2. The van der Waals surface area contributed by atoms with Crippen LogP contribution in [0.5, 0.6) is 0 Å². The molecule has 17 heavy (non-hydrogen) atoms. The van der Waals surface area contributed by atoms with E-state index in [0.29, 0.717) is 31.2 Å². The highest BCUT2D eigenvalue weighted by Crippen LogP contribution is 2.28. The predicted octanol–water partition coefficient (Wildman–Crippen LogP) is 1.45. The van der Waals surface area contributed by atoms with Crippen molar-refractivity contribution < 1.29 is 14.4 Å². The molecule has 1 aliphatic rings. The van der Waals surface area contributed by atoms with Crippen LogP contribution in [0.2, 0.25) is 0 Å². The highest BCUT2D eigenvalue weighted by molar-refractivity contribution is 5.02. The minimum Gasteiger partial charge on any atom is -0.387 e. The molecule has 1 saturated heterocycles. The highest BCUT2D eigenvalue weighted by atomic mass is 16.5. The molecule has 0 spiro atoms. The van der Waals surface area contributed by atoms with Crippen molar-refractivity contribution in [3.05, 3.63) is 11.7 Å². The molecule has 1 aliphatic heterocycles. The van der Waals surface area contributed by atoms with Gasteiger partial charge in [0.15, 0.2) is 5.82 Å². The Bertz CT molecular complexity index is 397. The van der Waals surface area contributed by atoms with Gasteiger partial charge in [0, 0.05) is 11.8 Å². The molecule has 0 bridgehead atoms. The summed E-state index contributed by atoms with van der Waals surface area (Å²) in [6.07, 6.45) is 1.06. The summed E-state index contributed by atoms with van der Waals surface area (Å²) in [6, 6.07) is 0. The molecular weight excluding hydrogens is 220 g/mol. The Morgan fingerprint density at radius 2 is 2.18 bits per heavy atom. The fraction of sp³-hybridized carbons (Fsp3) is 0.833. The molecule has 0 radical (unpaired) electrons. The van der Waals surface area contributed by atoms with Crippen LogP contribution in [0.25, 0.3) is 0 Å². The Balaban J connectivity index is 2.07. The Morgan fingerprint density at radius 3 is 2.65 bits per heavy atom. The zero-order chi connectivity index (χ0) is 12.7. The Morgan fingerprint density at radius 1 is 1.47 bits per heavy atom. The van der Waals surface area contributed by atoms with Crippen molar-refractivity contribution in [2.75, 3.05) is 6.61 Å². The van der Waals surface area contributed by atoms with Crippen molar-refractivity contribution in [2.24, 2.45) is 0 Å². The minimum atomic E-state index is -0.860. The monoisotopic (exact) mass is 240 g/mol. The third-order valence-electron chi connectivity index (χ3n) is 2.92. The fourth-order valence-corrected chi connectivity index (χ4v) is 1.99. The number of hydrogen-bond donors (Lipinski definition) is 1. The molecule has 2 rings (SSSR count). The van der Waals surface area contributed by atoms with Crippen LogP contribution in [-0.2, 0) is 16.6 Å². The molecule has 1 aromatic heterocycles. The first-order valence-electron chi connectivity index (χ1n) is 5.96. The lowest BCUT2D eigenvalue weighted by Gasteiger charge is -2.17. The van der Waals surface area contributed by atoms with Gasteiger partial charge < -0.3 is 14.4 Å². The number of ether oxygens (including phenoxy) is 1. The molecule has 0 aliphatic carbocycles. The van der Waals surface area contributed by atoms with Gasteiger partial charge in [-0.05, 0) is 6.92 Å². The topological polar surface area (TPSA) is 68.4 Å². The number of aliphatic hydroxyl groups is 1. The summed E-state index contributed by atoms with van der Waals surface area (Å²) < 4.78 is 10.6. The first-order valence-corrected chi connectivity index (χ1v) is 5.96. The Hall–Kier alpha value is -0.940. The second kappa shape index (κ2) is 4.07. The van der Waals surface area contributed by atoms with E-state index in [4.69, 9.17) is 9.26 Å². The average molecular weight is 240 g/mol. The van der Waals surface area contributed by atoms with Crippen LogP contribution in [-0.4, -0.2) is 33.6 Å². The van der Waals surface area contributed by atoms with E-state index in [9.17, 15) is 5.11 Å². The maximum atomic E-state index is 10.3. The molecule has 2 heterocycles. The van der Waals surface area contributed by atoms with E-state index in [0.717, 1.165) is 0 Å². The van der Waals surface area contributed by atoms with E-state index in [1.165, 1.54) is 0 Å². The minimum absolute atomic E-state index is 0.0880. The van der Waals surface area contributed by atoms with Crippen LogP contribution in [0.1, 0.15) is 45.8 Å². The summed E-state index contributed by atoms with van der Waals surface area (Å²) in [5, 5.41) is 14.2. The van der Waals surface area contributed by atoms with Gasteiger partial charge in [-0.15, -0.1) is 0 Å². The van der Waals surface area contributed by atoms with Gasteiger partial charge in [0.05, 0.1) is 24.7 Å². The van der Waals surface area contributed by atoms with Crippen molar-refractivity contribution in [3.8, 4) is 0 Å². The molecule has 1 aromatic rings. The number of aromatic nitrogens is 2. The van der Waals surface area contributed by atoms with Crippen LogP contribution >= 0.6 is 0 Å². The molecule has 2 atom stereocenters. The van der Waals surface area contributed by atoms with E-state index in [1.807, 2.05) is 27.7 Å². The standard InChI is InChI=1S/C12H20N2O3/c1-8-5-12(15,7-16-8)6-9-13-10(14-17-9)11(2,3)4/h8,15H,5-7H2,1-4H3. The number of nitrogens with zero attached hydrogens (tertiary/aromatic N) is 2. The van der Waals surface area contributed by atoms with Crippen LogP contribution in [0.15, 0.2) is 4.52 Å². The second-order valence-electron chi connectivity index (χ2n) is 5.99. The molecule has 0 amide bonds. The van der Waals surface area contributed by atoms with Crippen LogP contribution < -0.4 is 0 Å². The average Bonchev–Trinajstić information content (AvgIpc) is 2.73.